The first-order valence-electron chi connectivity index (χ1n) is 7.07. The van der Waals surface area contributed by atoms with Gasteiger partial charge in [0.1, 0.15) is 0 Å². The van der Waals surface area contributed by atoms with E-state index in [-0.39, 0.29) is 0 Å². The van der Waals surface area contributed by atoms with Crippen LogP contribution in [0.15, 0.2) is 0 Å². The first-order chi connectivity index (χ1) is 8.41. The number of hydrogen-bond acceptors (Lipinski definition) is 2. The molecule has 0 aromatic heterocycles. The van der Waals surface area contributed by atoms with Crippen LogP contribution >= 0.6 is 0 Å². The van der Waals surface area contributed by atoms with Crippen molar-refractivity contribution in [2.75, 3.05) is 20.3 Å². The highest BCUT2D eigenvalue weighted by molar-refractivity contribution is 5.45. The van der Waals surface area contributed by atoms with Crippen molar-refractivity contribution in [3.05, 3.63) is 0 Å². The molecule has 0 aliphatic rings. The van der Waals surface area contributed by atoms with E-state index in [1.54, 1.807) is 7.11 Å². The molecule has 102 valence electrons. The van der Waals surface area contributed by atoms with Crippen LogP contribution in [0, 0.1) is 0 Å². The lowest BCUT2D eigenvalue weighted by atomic mass is 10.1. The second kappa shape index (κ2) is 15.4. The number of ether oxygens (including phenoxy) is 1. The van der Waals surface area contributed by atoms with Gasteiger partial charge in [-0.05, 0) is 12.8 Å². The summed E-state index contributed by atoms with van der Waals surface area (Å²) < 4.78 is 5.01. The quantitative estimate of drug-likeness (QED) is 0.375. The van der Waals surface area contributed by atoms with E-state index in [1.165, 1.54) is 57.8 Å². The fourth-order valence-electron chi connectivity index (χ4n) is 1.95. The molecule has 1 N–H and O–H groups in total. The molecule has 0 saturated heterocycles. The number of methoxy groups -OCH3 is 1. The summed E-state index contributed by atoms with van der Waals surface area (Å²) in [4.78, 5) is 9.99. The molecule has 0 aromatic rings. The Kier molecular flexibility index (Phi) is 14.9. The number of amides is 1. The third kappa shape index (κ3) is 15.4. The monoisotopic (exact) mass is 243 g/mol. The average Bonchev–Trinajstić information content (AvgIpc) is 2.35. The summed E-state index contributed by atoms with van der Waals surface area (Å²) in [5.74, 6) is 0. The minimum absolute atomic E-state index is 0.781. The lowest BCUT2D eigenvalue weighted by Crippen LogP contribution is -2.11. The Balaban J connectivity index is 2.87. The van der Waals surface area contributed by atoms with Crippen LogP contribution < -0.4 is 5.32 Å². The average molecular weight is 243 g/mol. The second-order valence-electron chi connectivity index (χ2n) is 4.60. The first-order valence-corrected chi connectivity index (χ1v) is 7.07. The Morgan fingerprint density at radius 3 is 1.76 bits per heavy atom. The Bertz CT molecular complexity index is 151. The molecule has 0 radical (unpaired) electrons. The summed E-state index contributed by atoms with van der Waals surface area (Å²) in [7, 11) is 1.77. The Morgan fingerprint density at radius 2 is 1.29 bits per heavy atom. The molecule has 0 aromatic carbocycles. The fourth-order valence-corrected chi connectivity index (χ4v) is 1.95. The third-order valence-electron chi connectivity index (χ3n) is 3.00. The molecular weight excluding hydrogens is 214 g/mol. The summed E-state index contributed by atoms with van der Waals surface area (Å²) in [6.45, 7) is 1.75. The third-order valence-corrected chi connectivity index (χ3v) is 3.00. The molecule has 3 heteroatoms. The van der Waals surface area contributed by atoms with Crippen LogP contribution in [0.25, 0.3) is 0 Å². The largest absolute Gasteiger partial charge is 0.385 e. The number of rotatable bonds is 14. The number of unbranched alkanes of at least 4 members (excludes halogenated alkanes) is 9. The van der Waals surface area contributed by atoms with Gasteiger partial charge in [0.2, 0.25) is 6.41 Å². The van der Waals surface area contributed by atoms with Gasteiger partial charge in [0.25, 0.3) is 0 Å². The zero-order valence-corrected chi connectivity index (χ0v) is 11.4. The van der Waals surface area contributed by atoms with Gasteiger partial charge in [-0.15, -0.1) is 0 Å². The lowest BCUT2D eigenvalue weighted by molar-refractivity contribution is -0.109. The minimum atomic E-state index is 0.781. The summed E-state index contributed by atoms with van der Waals surface area (Å²) in [5.41, 5.74) is 0. The standard InChI is InChI=1S/C14H29NO2/c1-17-13-11-9-7-5-3-2-4-6-8-10-12-15-14-16/h14H,2-13H2,1H3,(H,15,16). The van der Waals surface area contributed by atoms with Crippen molar-refractivity contribution in [3.8, 4) is 0 Å². The van der Waals surface area contributed by atoms with Crippen LogP contribution in [0.1, 0.15) is 64.2 Å². The predicted molar refractivity (Wildman–Crippen MR) is 72.1 cm³/mol. The first kappa shape index (κ1) is 16.4. The summed E-state index contributed by atoms with van der Waals surface area (Å²) in [6, 6.07) is 0. The normalized spacial score (nSPS) is 10.4. The summed E-state index contributed by atoms with van der Waals surface area (Å²) in [6.07, 6.45) is 13.8. The molecule has 0 heterocycles. The van der Waals surface area contributed by atoms with Gasteiger partial charge in [-0.2, -0.15) is 0 Å². The van der Waals surface area contributed by atoms with Gasteiger partial charge in [0.15, 0.2) is 0 Å². The highest BCUT2D eigenvalue weighted by Gasteiger charge is 1.93. The summed E-state index contributed by atoms with van der Waals surface area (Å²) in [5, 5.41) is 2.69. The van der Waals surface area contributed by atoms with Gasteiger partial charge >= 0.3 is 0 Å². The molecule has 0 bridgehead atoms. The van der Waals surface area contributed by atoms with E-state index in [4.69, 9.17) is 4.74 Å². The molecule has 0 aliphatic heterocycles. The molecule has 1 amide bonds. The van der Waals surface area contributed by atoms with Gasteiger partial charge in [-0.25, -0.2) is 0 Å². The number of carbonyl (C=O) groups is 1. The fraction of sp³-hybridized carbons (Fsp3) is 0.929. The van der Waals surface area contributed by atoms with Gasteiger partial charge in [0, 0.05) is 20.3 Å². The van der Waals surface area contributed by atoms with Gasteiger partial charge in [-0.1, -0.05) is 51.4 Å². The van der Waals surface area contributed by atoms with E-state index in [0.717, 1.165) is 26.0 Å². The van der Waals surface area contributed by atoms with E-state index >= 15 is 0 Å². The van der Waals surface area contributed by atoms with Crippen molar-refractivity contribution in [2.45, 2.75) is 64.2 Å². The van der Waals surface area contributed by atoms with Crippen molar-refractivity contribution < 1.29 is 9.53 Å². The Labute approximate surface area is 106 Å². The van der Waals surface area contributed by atoms with Crippen LogP contribution in [-0.4, -0.2) is 26.7 Å². The van der Waals surface area contributed by atoms with Crippen molar-refractivity contribution >= 4 is 6.41 Å². The maximum atomic E-state index is 9.99. The molecule has 0 atom stereocenters. The van der Waals surface area contributed by atoms with Crippen LogP contribution in [0.5, 0.6) is 0 Å². The molecule has 3 nitrogen and oxygen atoms in total. The van der Waals surface area contributed by atoms with Gasteiger partial charge in [0.05, 0.1) is 0 Å². The van der Waals surface area contributed by atoms with Crippen LogP contribution in [-0.2, 0) is 9.53 Å². The minimum Gasteiger partial charge on any atom is -0.385 e. The smallest absolute Gasteiger partial charge is 0.207 e. The molecule has 0 fully saturated rings. The number of nitrogens with one attached hydrogen (secondary N) is 1. The SMILES string of the molecule is COCCCCCCCCCCCCNC=O. The summed E-state index contributed by atoms with van der Waals surface area (Å²) >= 11 is 0. The predicted octanol–water partition coefficient (Wildman–Crippen LogP) is 3.28. The maximum absolute atomic E-state index is 9.99. The van der Waals surface area contributed by atoms with E-state index in [9.17, 15) is 4.79 Å². The van der Waals surface area contributed by atoms with Crippen molar-refractivity contribution in [1.29, 1.82) is 0 Å². The van der Waals surface area contributed by atoms with E-state index in [2.05, 4.69) is 5.32 Å². The highest BCUT2D eigenvalue weighted by Crippen LogP contribution is 2.10. The van der Waals surface area contributed by atoms with Crippen LogP contribution in [0.3, 0.4) is 0 Å². The number of carbonyl (C=O) groups excluding carboxylic acids is 1. The highest BCUT2D eigenvalue weighted by atomic mass is 16.5. The zero-order chi connectivity index (χ0) is 12.6. The van der Waals surface area contributed by atoms with Crippen molar-refractivity contribution in [2.24, 2.45) is 0 Å². The molecule has 17 heavy (non-hydrogen) atoms. The number of hydrogen-bond donors (Lipinski definition) is 1. The zero-order valence-electron chi connectivity index (χ0n) is 11.4. The van der Waals surface area contributed by atoms with E-state index < -0.39 is 0 Å². The van der Waals surface area contributed by atoms with Crippen LogP contribution in [0.4, 0.5) is 0 Å². The van der Waals surface area contributed by atoms with Crippen molar-refractivity contribution in [1.82, 2.24) is 5.32 Å². The molecule has 0 unspecified atom stereocenters. The molecule has 0 rings (SSSR count). The topological polar surface area (TPSA) is 38.3 Å². The lowest BCUT2D eigenvalue weighted by Gasteiger charge is -2.02. The van der Waals surface area contributed by atoms with E-state index in [0.29, 0.717) is 0 Å². The molecule has 0 spiro atoms. The Hall–Kier alpha value is -0.570. The molecule has 0 saturated carbocycles. The van der Waals surface area contributed by atoms with Gasteiger partial charge in [-0.3, -0.25) is 4.79 Å². The maximum Gasteiger partial charge on any atom is 0.207 e. The Morgan fingerprint density at radius 1 is 0.824 bits per heavy atom. The molecular formula is C14H29NO2. The van der Waals surface area contributed by atoms with Crippen molar-refractivity contribution in [3.63, 3.8) is 0 Å². The van der Waals surface area contributed by atoms with E-state index in [1.807, 2.05) is 0 Å². The van der Waals surface area contributed by atoms with Crippen LogP contribution in [0.2, 0.25) is 0 Å². The second-order valence-corrected chi connectivity index (χ2v) is 4.60. The van der Waals surface area contributed by atoms with Gasteiger partial charge < -0.3 is 10.1 Å². The molecule has 0 aliphatic carbocycles.